The van der Waals surface area contributed by atoms with Gasteiger partial charge in [0.1, 0.15) is 0 Å². The number of nitrogens with two attached hydrogens (primary N) is 1. The van der Waals surface area contributed by atoms with Crippen molar-refractivity contribution >= 4 is 0 Å². The van der Waals surface area contributed by atoms with Crippen molar-refractivity contribution in [1.82, 2.24) is 14.5 Å². The van der Waals surface area contributed by atoms with E-state index >= 15 is 0 Å². The van der Waals surface area contributed by atoms with Crippen LogP contribution in [-0.2, 0) is 11.3 Å². The standard InChI is InChI=1S/C11H20N4O/c1-2-14-9-13-8-11(14)10(7-12)15-3-5-16-6-4-15/h8-10H,2-7,12H2,1H3. The Hall–Kier alpha value is -0.910. The van der Waals surface area contributed by atoms with Crippen LogP contribution in [0.1, 0.15) is 18.7 Å². The van der Waals surface area contributed by atoms with Crippen LogP contribution >= 0.6 is 0 Å². The lowest BCUT2D eigenvalue weighted by atomic mass is 10.1. The summed E-state index contributed by atoms with van der Waals surface area (Å²) in [5.74, 6) is 0. The van der Waals surface area contributed by atoms with Crippen molar-refractivity contribution in [3.05, 3.63) is 18.2 Å². The van der Waals surface area contributed by atoms with Gasteiger partial charge in [0, 0.05) is 32.4 Å². The number of ether oxygens (including phenoxy) is 1. The summed E-state index contributed by atoms with van der Waals surface area (Å²) in [7, 11) is 0. The van der Waals surface area contributed by atoms with Crippen LogP contribution in [0, 0.1) is 0 Å². The number of rotatable bonds is 4. The fraction of sp³-hybridized carbons (Fsp3) is 0.727. The van der Waals surface area contributed by atoms with Gasteiger partial charge in [-0.25, -0.2) is 4.98 Å². The second kappa shape index (κ2) is 5.43. The van der Waals surface area contributed by atoms with Crippen molar-refractivity contribution in [3.8, 4) is 0 Å². The zero-order valence-electron chi connectivity index (χ0n) is 9.80. The van der Waals surface area contributed by atoms with E-state index < -0.39 is 0 Å². The second-order valence-electron chi connectivity index (χ2n) is 4.00. The number of hydrogen-bond donors (Lipinski definition) is 1. The maximum atomic E-state index is 5.89. The molecule has 0 bridgehead atoms. The topological polar surface area (TPSA) is 56.3 Å². The van der Waals surface area contributed by atoms with Crippen molar-refractivity contribution in [2.45, 2.75) is 19.5 Å². The molecule has 0 radical (unpaired) electrons. The van der Waals surface area contributed by atoms with Crippen LogP contribution in [0.2, 0.25) is 0 Å². The lowest BCUT2D eigenvalue weighted by Gasteiger charge is -2.34. The van der Waals surface area contributed by atoms with E-state index in [1.807, 2.05) is 12.5 Å². The molecule has 1 atom stereocenters. The molecule has 2 rings (SSSR count). The highest BCUT2D eigenvalue weighted by Gasteiger charge is 2.23. The number of aryl methyl sites for hydroxylation is 1. The Kier molecular flexibility index (Phi) is 3.93. The van der Waals surface area contributed by atoms with E-state index in [1.165, 1.54) is 5.69 Å². The summed E-state index contributed by atoms with van der Waals surface area (Å²) in [6.07, 6.45) is 3.80. The zero-order chi connectivity index (χ0) is 11.4. The Labute approximate surface area is 96.2 Å². The first-order valence-corrected chi connectivity index (χ1v) is 5.88. The summed E-state index contributed by atoms with van der Waals surface area (Å²) in [6.45, 7) is 7.21. The molecule has 1 aliphatic rings. The molecule has 1 saturated heterocycles. The fourth-order valence-electron chi connectivity index (χ4n) is 2.22. The Morgan fingerprint density at radius 1 is 1.50 bits per heavy atom. The maximum Gasteiger partial charge on any atom is 0.0948 e. The van der Waals surface area contributed by atoms with Gasteiger partial charge in [0.05, 0.1) is 31.3 Å². The monoisotopic (exact) mass is 224 g/mol. The number of imidazole rings is 1. The van der Waals surface area contributed by atoms with Crippen LogP contribution < -0.4 is 5.73 Å². The van der Waals surface area contributed by atoms with Gasteiger partial charge in [0.25, 0.3) is 0 Å². The molecule has 0 aliphatic carbocycles. The largest absolute Gasteiger partial charge is 0.379 e. The van der Waals surface area contributed by atoms with Gasteiger partial charge >= 0.3 is 0 Å². The van der Waals surface area contributed by atoms with Crippen molar-refractivity contribution in [1.29, 1.82) is 0 Å². The summed E-state index contributed by atoms with van der Waals surface area (Å²) in [5.41, 5.74) is 7.11. The molecule has 0 saturated carbocycles. The second-order valence-corrected chi connectivity index (χ2v) is 4.00. The molecule has 2 heterocycles. The molecule has 16 heavy (non-hydrogen) atoms. The van der Waals surface area contributed by atoms with Crippen LogP contribution in [0.15, 0.2) is 12.5 Å². The van der Waals surface area contributed by atoms with Gasteiger partial charge in [-0.05, 0) is 6.92 Å². The molecule has 90 valence electrons. The number of hydrogen-bond acceptors (Lipinski definition) is 4. The molecular formula is C11H20N4O. The third kappa shape index (κ3) is 2.26. The van der Waals surface area contributed by atoms with E-state index in [0.29, 0.717) is 6.54 Å². The molecule has 1 unspecified atom stereocenters. The SMILES string of the molecule is CCn1cncc1C(CN)N1CCOCC1. The van der Waals surface area contributed by atoms with E-state index in [2.05, 4.69) is 21.4 Å². The molecule has 1 fully saturated rings. The molecule has 0 amide bonds. The molecule has 2 N–H and O–H groups in total. The van der Waals surface area contributed by atoms with E-state index in [9.17, 15) is 0 Å². The summed E-state index contributed by atoms with van der Waals surface area (Å²) < 4.78 is 7.52. The van der Waals surface area contributed by atoms with Crippen LogP contribution in [0.25, 0.3) is 0 Å². The summed E-state index contributed by atoms with van der Waals surface area (Å²) in [6, 6.07) is 0.270. The van der Waals surface area contributed by atoms with Crippen LogP contribution in [0.5, 0.6) is 0 Å². The lowest BCUT2D eigenvalue weighted by molar-refractivity contribution is 0.0164. The minimum absolute atomic E-state index is 0.270. The van der Waals surface area contributed by atoms with Gasteiger partial charge in [-0.3, -0.25) is 4.90 Å². The number of aromatic nitrogens is 2. The molecular weight excluding hydrogens is 204 g/mol. The first kappa shape index (κ1) is 11.6. The van der Waals surface area contributed by atoms with Gasteiger partial charge in [0.2, 0.25) is 0 Å². The van der Waals surface area contributed by atoms with Gasteiger partial charge in [-0.15, -0.1) is 0 Å². The van der Waals surface area contributed by atoms with E-state index in [-0.39, 0.29) is 6.04 Å². The molecule has 1 aromatic heterocycles. The number of nitrogens with zero attached hydrogens (tertiary/aromatic N) is 3. The van der Waals surface area contributed by atoms with Crippen LogP contribution in [-0.4, -0.2) is 47.3 Å². The van der Waals surface area contributed by atoms with Crippen molar-refractivity contribution < 1.29 is 4.74 Å². The highest BCUT2D eigenvalue weighted by Crippen LogP contribution is 2.20. The molecule has 0 spiro atoms. The van der Waals surface area contributed by atoms with Crippen molar-refractivity contribution in [2.75, 3.05) is 32.8 Å². The quantitative estimate of drug-likeness (QED) is 0.795. The van der Waals surface area contributed by atoms with E-state index in [1.54, 1.807) is 0 Å². The van der Waals surface area contributed by atoms with Crippen molar-refractivity contribution in [2.24, 2.45) is 5.73 Å². The highest BCUT2D eigenvalue weighted by molar-refractivity contribution is 5.06. The highest BCUT2D eigenvalue weighted by atomic mass is 16.5. The fourth-order valence-corrected chi connectivity index (χ4v) is 2.22. The van der Waals surface area contributed by atoms with Gasteiger partial charge in [0.15, 0.2) is 0 Å². The Bertz CT molecular complexity index is 320. The van der Waals surface area contributed by atoms with Crippen molar-refractivity contribution in [3.63, 3.8) is 0 Å². The third-order valence-electron chi connectivity index (χ3n) is 3.14. The van der Waals surface area contributed by atoms with Gasteiger partial charge in [-0.2, -0.15) is 0 Å². The first-order chi connectivity index (χ1) is 7.86. The molecule has 1 aliphatic heterocycles. The summed E-state index contributed by atoms with van der Waals surface area (Å²) in [4.78, 5) is 6.59. The lowest BCUT2D eigenvalue weighted by Crippen LogP contribution is -2.42. The zero-order valence-corrected chi connectivity index (χ0v) is 9.80. The first-order valence-electron chi connectivity index (χ1n) is 5.88. The Balaban J connectivity index is 2.14. The van der Waals surface area contributed by atoms with Crippen LogP contribution in [0.4, 0.5) is 0 Å². The molecule has 1 aromatic rings. The number of morpholine rings is 1. The third-order valence-corrected chi connectivity index (χ3v) is 3.14. The smallest absolute Gasteiger partial charge is 0.0948 e. The molecule has 5 heteroatoms. The predicted octanol–water partition coefficient (Wildman–Crippen LogP) is 0.235. The van der Waals surface area contributed by atoms with Gasteiger partial charge in [-0.1, -0.05) is 0 Å². The van der Waals surface area contributed by atoms with E-state index in [4.69, 9.17) is 10.5 Å². The molecule has 5 nitrogen and oxygen atoms in total. The predicted molar refractivity (Wildman–Crippen MR) is 62.1 cm³/mol. The minimum atomic E-state index is 0.270. The van der Waals surface area contributed by atoms with Gasteiger partial charge < -0.3 is 15.0 Å². The minimum Gasteiger partial charge on any atom is -0.379 e. The Morgan fingerprint density at radius 2 is 2.25 bits per heavy atom. The molecule has 0 aromatic carbocycles. The normalized spacial score (nSPS) is 19.9. The van der Waals surface area contributed by atoms with E-state index in [0.717, 1.165) is 32.8 Å². The summed E-state index contributed by atoms with van der Waals surface area (Å²) in [5, 5.41) is 0. The maximum absolute atomic E-state index is 5.89. The average molecular weight is 224 g/mol. The summed E-state index contributed by atoms with van der Waals surface area (Å²) >= 11 is 0. The Morgan fingerprint density at radius 3 is 2.88 bits per heavy atom. The van der Waals surface area contributed by atoms with Crippen LogP contribution in [0.3, 0.4) is 0 Å². The average Bonchev–Trinajstić information content (AvgIpc) is 2.80.